The fraction of sp³-hybridized carbons (Fsp3) is 0.296. The number of hydrogen-bond donors (Lipinski definition) is 0. The molecule has 0 N–H and O–H groups in total. The zero-order valence-electron chi connectivity index (χ0n) is 20.8. The molecule has 1 fully saturated rings. The highest BCUT2D eigenvalue weighted by Crippen LogP contribution is 2.36. The lowest BCUT2D eigenvalue weighted by Gasteiger charge is -2.36. The molecule has 0 atom stereocenters. The molecular formula is C27H25F2N7OS. The molecule has 0 saturated carbocycles. The van der Waals surface area contributed by atoms with Crippen molar-refractivity contribution < 1.29 is 13.6 Å². The van der Waals surface area contributed by atoms with Crippen LogP contribution in [-0.4, -0.2) is 67.5 Å². The molecule has 1 amide bonds. The number of fused-ring (bicyclic) bond motifs is 1. The van der Waals surface area contributed by atoms with Crippen LogP contribution in [0.4, 0.5) is 14.6 Å². The van der Waals surface area contributed by atoms with Crippen LogP contribution in [0, 0.1) is 18.6 Å². The third kappa shape index (κ3) is 4.73. The molecule has 1 saturated heterocycles. The van der Waals surface area contributed by atoms with E-state index in [2.05, 4.69) is 25.0 Å². The predicted molar refractivity (Wildman–Crippen MR) is 141 cm³/mol. The number of nitrogens with zero attached hydrogens (tertiary/aromatic N) is 7. The van der Waals surface area contributed by atoms with Gasteiger partial charge in [0.1, 0.15) is 30.3 Å². The second kappa shape index (κ2) is 10.1. The lowest BCUT2D eigenvalue weighted by atomic mass is 10.1. The molecule has 6 rings (SSSR count). The Morgan fingerprint density at radius 1 is 1.00 bits per heavy atom. The van der Waals surface area contributed by atoms with Crippen molar-refractivity contribution in [1.82, 2.24) is 29.6 Å². The van der Waals surface area contributed by atoms with Gasteiger partial charge >= 0.3 is 0 Å². The number of piperazine rings is 1. The number of benzene rings is 2. The van der Waals surface area contributed by atoms with Gasteiger partial charge in [0.25, 0.3) is 0 Å². The van der Waals surface area contributed by atoms with Gasteiger partial charge in [0, 0.05) is 49.5 Å². The molecule has 0 bridgehead atoms. The number of anilines is 1. The summed E-state index contributed by atoms with van der Waals surface area (Å²) >= 11 is 1.79. The summed E-state index contributed by atoms with van der Waals surface area (Å²) in [4.78, 5) is 32.1. The summed E-state index contributed by atoms with van der Waals surface area (Å²) in [7, 11) is 0. The largest absolute Gasteiger partial charge is 0.352 e. The number of thioether (sulfide) groups is 1. The SMILES string of the molecule is Cc1cc(-c2nc(-c3ccc(F)cc3)n(CC(=O)N3CCN(c4ncnc5c4SCC5)CC3)n2)ccc1F. The van der Waals surface area contributed by atoms with E-state index < -0.39 is 0 Å². The van der Waals surface area contributed by atoms with Crippen LogP contribution >= 0.6 is 11.8 Å². The smallest absolute Gasteiger partial charge is 0.244 e. The Morgan fingerprint density at radius 3 is 2.53 bits per heavy atom. The highest BCUT2D eigenvalue weighted by atomic mass is 32.2. The van der Waals surface area contributed by atoms with Crippen molar-refractivity contribution in [2.45, 2.75) is 24.8 Å². The number of carbonyl (C=O) groups excluding carboxylic acids is 1. The number of carbonyl (C=O) groups is 1. The lowest BCUT2D eigenvalue weighted by Crippen LogP contribution is -2.50. The van der Waals surface area contributed by atoms with Gasteiger partial charge in [-0.25, -0.2) is 28.4 Å². The van der Waals surface area contributed by atoms with Gasteiger partial charge in [-0.2, -0.15) is 0 Å². The molecular weight excluding hydrogens is 508 g/mol. The molecule has 2 aromatic heterocycles. The molecule has 0 unspecified atom stereocenters. The molecule has 11 heteroatoms. The molecule has 0 aliphatic carbocycles. The van der Waals surface area contributed by atoms with E-state index in [1.54, 1.807) is 54.0 Å². The molecule has 2 aromatic carbocycles. The molecule has 0 radical (unpaired) electrons. The number of aryl methyl sites for hydroxylation is 2. The first-order valence-electron chi connectivity index (χ1n) is 12.4. The third-order valence-corrected chi connectivity index (χ3v) is 7.97. The lowest BCUT2D eigenvalue weighted by molar-refractivity contribution is -0.132. The maximum atomic E-state index is 13.8. The summed E-state index contributed by atoms with van der Waals surface area (Å²) < 4.78 is 29.0. The van der Waals surface area contributed by atoms with Crippen LogP contribution in [0.2, 0.25) is 0 Å². The third-order valence-electron chi connectivity index (χ3n) is 6.85. The Kier molecular flexibility index (Phi) is 6.52. The minimum atomic E-state index is -0.365. The minimum Gasteiger partial charge on any atom is -0.352 e. The van der Waals surface area contributed by atoms with E-state index >= 15 is 0 Å². The van der Waals surface area contributed by atoms with Crippen molar-refractivity contribution in [3.63, 3.8) is 0 Å². The maximum absolute atomic E-state index is 13.8. The van der Waals surface area contributed by atoms with Gasteiger partial charge in [0.2, 0.25) is 5.91 Å². The van der Waals surface area contributed by atoms with E-state index in [-0.39, 0.29) is 24.1 Å². The van der Waals surface area contributed by atoms with Crippen LogP contribution in [-0.2, 0) is 17.8 Å². The van der Waals surface area contributed by atoms with Crippen LogP contribution < -0.4 is 4.90 Å². The van der Waals surface area contributed by atoms with E-state index in [1.807, 2.05) is 4.90 Å². The Balaban J connectivity index is 1.22. The van der Waals surface area contributed by atoms with Gasteiger partial charge < -0.3 is 9.80 Å². The van der Waals surface area contributed by atoms with Gasteiger partial charge in [-0.05, 0) is 55.0 Å². The molecule has 38 heavy (non-hydrogen) atoms. The molecule has 0 spiro atoms. The van der Waals surface area contributed by atoms with E-state index in [0.29, 0.717) is 54.5 Å². The highest BCUT2D eigenvalue weighted by Gasteiger charge is 2.27. The fourth-order valence-electron chi connectivity index (χ4n) is 4.77. The van der Waals surface area contributed by atoms with Crippen LogP contribution in [0.15, 0.2) is 53.7 Å². The molecule has 8 nitrogen and oxygen atoms in total. The summed E-state index contributed by atoms with van der Waals surface area (Å²) in [6.45, 7) is 4.14. The number of hydrogen-bond acceptors (Lipinski definition) is 7. The van der Waals surface area contributed by atoms with Crippen LogP contribution in [0.25, 0.3) is 22.8 Å². The Morgan fingerprint density at radius 2 is 1.76 bits per heavy atom. The summed E-state index contributed by atoms with van der Waals surface area (Å²) in [6.07, 6.45) is 2.58. The molecule has 4 heterocycles. The second-order valence-electron chi connectivity index (χ2n) is 9.33. The first-order chi connectivity index (χ1) is 18.5. The highest BCUT2D eigenvalue weighted by molar-refractivity contribution is 7.99. The Hall–Kier alpha value is -3.86. The summed E-state index contributed by atoms with van der Waals surface area (Å²) in [5, 5.41) is 4.60. The van der Waals surface area contributed by atoms with Gasteiger partial charge in [-0.3, -0.25) is 4.79 Å². The number of aromatic nitrogens is 5. The number of rotatable bonds is 5. The van der Waals surface area contributed by atoms with Crippen molar-refractivity contribution in [3.8, 4) is 22.8 Å². The molecule has 2 aliphatic heterocycles. The van der Waals surface area contributed by atoms with Gasteiger partial charge in [-0.1, -0.05) is 0 Å². The maximum Gasteiger partial charge on any atom is 0.244 e. The first kappa shape index (κ1) is 24.5. The van der Waals surface area contributed by atoms with Crippen molar-refractivity contribution in [2.24, 2.45) is 0 Å². The van der Waals surface area contributed by atoms with Crippen LogP contribution in [0.1, 0.15) is 11.3 Å². The standard InChI is InChI=1S/C27H25F2N7OS/c1-17-14-19(4-7-21(17)29)25-32-26(18-2-5-20(28)6-3-18)36(33-25)15-23(37)34-9-11-35(12-10-34)27-24-22(8-13-38-24)30-16-31-27/h2-7,14,16H,8-13,15H2,1H3. The Labute approximate surface area is 222 Å². The zero-order chi connectivity index (χ0) is 26.2. The predicted octanol–water partition coefficient (Wildman–Crippen LogP) is 3.99. The van der Waals surface area contributed by atoms with Crippen LogP contribution in [0.3, 0.4) is 0 Å². The topological polar surface area (TPSA) is 80.0 Å². The summed E-state index contributed by atoms with van der Waals surface area (Å²) in [6, 6.07) is 10.6. The molecule has 2 aliphatic rings. The van der Waals surface area contributed by atoms with Gasteiger partial charge in [0.05, 0.1) is 10.6 Å². The van der Waals surface area contributed by atoms with Crippen molar-refractivity contribution >= 4 is 23.5 Å². The quantitative estimate of drug-likeness (QED) is 0.384. The number of halogens is 2. The van der Waals surface area contributed by atoms with E-state index in [1.165, 1.54) is 18.2 Å². The Bertz CT molecular complexity index is 1500. The monoisotopic (exact) mass is 533 g/mol. The second-order valence-corrected chi connectivity index (χ2v) is 10.4. The minimum absolute atomic E-state index is 0.0152. The summed E-state index contributed by atoms with van der Waals surface area (Å²) in [5.74, 6) is 2.04. The van der Waals surface area contributed by atoms with Gasteiger partial charge in [0.15, 0.2) is 11.6 Å². The normalized spacial score (nSPS) is 15.1. The molecule has 4 aromatic rings. The van der Waals surface area contributed by atoms with Crippen molar-refractivity contribution in [1.29, 1.82) is 0 Å². The molecule has 194 valence electrons. The average molecular weight is 534 g/mol. The number of amides is 1. The summed E-state index contributed by atoms with van der Waals surface area (Å²) in [5.41, 5.74) is 2.85. The van der Waals surface area contributed by atoms with E-state index in [0.717, 1.165) is 28.6 Å². The first-order valence-corrected chi connectivity index (χ1v) is 13.4. The van der Waals surface area contributed by atoms with Gasteiger partial charge in [-0.15, -0.1) is 16.9 Å². The van der Waals surface area contributed by atoms with E-state index in [9.17, 15) is 13.6 Å². The average Bonchev–Trinajstić information content (AvgIpc) is 3.58. The zero-order valence-corrected chi connectivity index (χ0v) is 21.6. The van der Waals surface area contributed by atoms with Crippen molar-refractivity contribution in [2.75, 3.05) is 36.8 Å². The van der Waals surface area contributed by atoms with Crippen molar-refractivity contribution in [3.05, 3.63) is 71.7 Å². The van der Waals surface area contributed by atoms with Crippen LogP contribution in [0.5, 0.6) is 0 Å². The van der Waals surface area contributed by atoms with E-state index in [4.69, 9.17) is 0 Å². The fourth-order valence-corrected chi connectivity index (χ4v) is 5.90.